The van der Waals surface area contributed by atoms with Gasteiger partial charge in [0.2, 0.25) is 0 Å². The largest absolute Gasteiger partial charge is 0.416 e. The van der Waals surface area contributed by atoms with Gasteiger partial charge in [-0.15, -0.1) is 0 Å². The molecule has 38 heavy (non-hydrogen) atoms. The zero-order chi connectivity index (χ0) is 26.9. The van der Waals surface area contributed by atoms with Gasteiger partial charge >= 0.3 is 6.18 Å². The Morgan fingerprint density at radius 3 is 2.42 bits per heavy atom. The summed E-state index contributed by atoms with van der Waals surface area (Å²) >= 11 is 0. The van der Waals surface area contributed by atoms with Crippen LogP contribution in [0.2, 0.25) is 0 Å². The highest BCUT2D eigenvalue weighted by Crippen LogP contribution is 2.35. The molecule has 5 rings (SSSR count). The van der Waals surface area contributed by atoms with Gasteiger partial charge in [0.25, 0.3) is 11.8 Å². The number of rotatable bonds is 6. The number of nitrogens with zero attached hydrogens (tertiary/aromatic N) is 3. The van der Waals surface area contributed by atoms with Crippen LogP contribution in [0.15, 0.2) is 72.8 Å². The molecule has 0 spiro atoms. The Kier molecular flexibility index (Phi) is 7.01. The molecule has 2 aliphatic heterocycles. The summed E-state index contributed by atoms with van der Waals surface area (Å²) in [5.74, 6) is -0.142. The van der Waals surface area contributed by atoms with Crippen LogP contribution < -0.4 is 10.2 Å². The van der Waals surface area contributed by atoms with E-state index in [-0.39, 0.29) is 18.0 Å². The molecular weight excluding hydrogens is 493 g/mol. The number of benzene rings is 3. The molecule has 1 atom stereocenters. The Hall–Kier alpha value is -4.01. The molecule has 0 aliphatic carbocycles. The van der Waals surface area contributed by atoms with Gasteiger partial charge in [0.05, 0.1) is 5.56 Å². The van der Waals surface area contributed by atoms with Crippen LogP contribution in [-0.2, 0) is 6.18 Å². The summed E-state index contributed by atoms with van der Waals surface area (Å²) < 4.78 is 39.3. The number of nitrogens with one attached hydrogen (secondary N) is 1. The minimum absolute atomic E-state index is 0.00850. The topological polar surface area (TPSA) is 55.9 Å². The maximum Gasteiger partial charge on any atom is 0.416 e. The molecule has 1 unspecified atom stereocenters. The fourth-order valence-electron chi connectivity index (χ4n) is 5.13. The molecule has 2 amide bonds. The molecule has 1 fully saturated rings. The Morgan fingerprint density at radius 1 is 0.947 bits per heavy atom. The van der Waals surface area contributed by atoms with Crippen LogP contribution in [-0.4, -0.2) is 54.3 Å². The third kappa shape index (κ3) is 5.05. The lowest BCUT2D eigenvalue weighted by atomic mass is 10.1. The molecule has 6 nitrogen and oxygen atoms in total. The number of anilines is 2. The van der Waals surface area contributed by atoms with E-state index in [0.717, 1.165) is 29.8 Å². The predicted molar refractivity (Wildman–Crippen MR) is 140 cm³/mol. The average molecular weight is 523 g/mol. The van der Waals surface area contributed by atoms with Crippen molar-refractivity contribution >= 4 is 23.2 Å². The highest BCUT2D eigenvalue weighted by molar-refractivity contribution is 5.99. The molecule has 2 aliphatic rings. The molecule has 1 saturated heterocycles. The first kappa shape index (κ1) is 25.6. The zero-order valence-electron chi connectivity index (χ0n) is 21.0. The standard InChI is InChI=1S/C29H29F3N4O2/c1-2-13-36-26(24-11-3-4-12-25(24)28(36)38)33-22-9-5-7-20(18-22)27(37)35-16-14-34(15-17-35)23-10-6-8-21(19-23)29(30,31)32/h3-12,18-19,26,33H,2,13-17H2,1H3. The molecule has 0 bridgehead atoms. The number of carbonyl (C=O) groups excluding carboxylic acids is 2. The van der Waals surface area contributed by atoms with E-state index in [1.807, 2.05) is 47.1 Å². The number of alkyl halides is 3. The fourth-order valence-corrected chi connectivity index (χ4v) is 5.13. The summed E-state index contributed by atoms with van der Waals surface area (Å²) in [6, 6.07) is 20.1. The quantitative estimate of drug-likeness (QED) is 0.455. The van der Waals surface area contributed by atoms with E-state index in [2.05, 4.69) is 5.32 Å². The predicted octanol–water partition coefficient (Wildman–Crippen LogP) is 5.64. The molecule has 0 radical (unpaired) electrons. The van der Waals surface area contributed by atoms with E-state index in [1.165, 1.54) is 6.07 Å². The second-order valence-corrected chi connectivity index (χ2v) is 9.54. The molecule has 3 aromatic rings. The number of amides is 2. The van der Waals surface area contributed by atoms with Crippen molar-refractivity contribution in [2.45, 2.75) is 25.7 Å². The Labute approximate surface area is 219 Å². The Balaban J connectivity index is 1.27. The van der Waals surface area contributed by atoms with E-state index in [9.17, 15) is 22.8 Å². The molecular formula is C29H29F3N4O2. The first-order chi connectivity index (χ1) is 18.3. The minimum Gasteiger partial charge on any atom is -0.368 e. The maximum atomic E-state index is 13.3. The highest BCUT2D eigenvalue weighted by atomic mass is 19.4. The van der Waals surface area contributed by atoms with Crippen LogP contribution >= 0.6 is 0 Å². The van der Waals surface area contributed by atoms with Gasteiger partial charge in [-0.05, 0) is 48.9 Å². The van der Waals surface area contributed by atoms with Gasteiger partial charge in [0.1, 0.15) is 6.17 Å². The van der Waals surface area contributed by atoms with Crippen molar-refractivity contribution in [3.63, 3.8) is 0 Å². The number of fused-ring (bicyclic) bond motifs is 1. The summed E-state index contributed by atoms with van der Waals surface area (Å²) in [4.78, 5) is 31.6. The van der Waals surface area contributed by atoms with Crippen molar-refractivity contribution in [3.8, 4) is 0 Å². The van der Waals surface area contributed by atoms with Crippen molar-refractivity contribution in [1.82, 2.24) is 9.80 Å². The maximum absolute atomic E-state index is 13.3. The highest BCUT2D eigenvalue weighted by Gasteiger charge is 2.36. The molecule has 1 N–H and O–H groups in total. The number of piperazine rings is 1. The summed E-state index contributed by atoms with van der Waals surface area (Å²) in [7, 11) is 0. The van der Waals surface area contributed by atoms with Crippen molar-refractivity contribution in [1.29, 1.82) is 0 Å². The van der Waals surface area contributed by atoms with Crippen molar-refractivity contribution < 1.29 is 22.8 Å². The van der Waals surface area contributed by atoms with Crippen LogP contribution in [0, 0.1) is 0 Å². The molecule has 0 saturated carbocycles. The summed E-state index contributed by atoms with van der Waals surface area (Å²) in [6.45, 7) is 4.33. The van der Waals surface area contributed by atoms with Crippen LogP contribution in [0.3, 0.4) is 0 Å². The second kappa shape index (κ2) is 10.4. The van der Waals surface area contributed by atoms with Gasteiger partial charge in [-0.2, -0.15) is 13.2 Å². The van der Waals surface area contributed by atoms with Gasteiger partial charge in [-0.25, -0.2) is 0 Å². The van der Waals surface area contributed by atoms with Crippen LogP contribution in [0.5, 0.6) is 0 Å². The molecule has 0 aromatic heterocycles. The van der Waals surface area contributed by atoms with E-state index in [1.54, 1.807) is 29.2 Å². The molecule has 3 aromatic carbocycles. The zero-order valence-corrected chi connectivity index (χ0v) is 21.0. The normalized spacial score (nSPS) is 17.5. The van der Waals surface area contributed by atoms with Gasteiger partial charge in [0.15, 0.2) is 0 Å². The minimum atomic E-state index is -4.39. The first-order valence-electron chi connectivity index (χ1n) is 12.7. The van der Waals surface area contributed by atoms with Crippen LogP contribution in [0.25, 0.3) is 0 Å². The summed E-state index contributed by atoms with van der Waals surface area (Å²) in [5, 5.41) is 3.44. The Morgan fingerprint density at radius 2 is 1.68 bits per heavy atom. The lowest BCUT2D eigenvalue weighted by Gasteiger charge is -2.36. The summed E-state index contributed by atoms with van der Waals surface area (Å²) in [5.41, 5.74) is 2.66. The van der Waals surface area contributed by atoms with Crippen LogP contribution in [0.1, 0.15) is 51.4 Å². The van der Waals surface area contributed by atoms with Crippen molar-refractivity contribution in [3.05, 3.63) is 95.1 Å². The number of hydrogen-bond donors (Lipinski definition) is 1. The second-order valence-electron chi connectivity index (χ2n) is 9.54. The lowest BCUT2D eigenvalue weighted by Crippen LogP contribution is -2.48. The summed E-state index contributed by atoms with van der Waals surface area (Å²) in [6.07, 6.45) is -3.89. The van der Waals surface area contributed by atoms with E-state index >= 15 is 0 Å². The number of carbonyl (C=O) groups is 2. The number of halogens is 3. The fraction of sp³-hybridized carbons (Fsp3) is 0.310. The van der Waals surface area contributed by atoms with E-state index in [4.69, 9.17) is 0 Å². The van der Waals surface area contributed by atoms with Crippen molar-refractivity contribution in [2.24, 2.45) is 0 Å². The van der Waals surface area contributed by atoms with Gasteiger partial charge in [-0.1, -0.05) is 37.3 Å². The monoisotopic (exact) mass is 522 g/mol. The Bertz CT molecular complexity index is 1340. The van der Waals surface area contributed by atoms with Gasteiger partial charge in [-0.3, -0.25) is 9.59 Å². The lowest BCUT2D eigenvalue weighted by molar-refractivity contribution is -0.137. The number of hydrogen-bond acceptors (Lipinski definition) is 4. The smallest absolute Gasteiger partial charge is 0.368 e. The van der Waals surface area contributed by atoms with E-state index < -0.39 is 11.7 Å². The van der Waals surface area contributed by atoms with Crippen LogP contribution in [0.4, 0.5) is 24.5 Å². The third-order valence-electron chi connectivity index (χ3n) is 7.04. The van der Waals surface area contributed by atoms with Gasteiger partial charge < -0.3 is 20.0 Å². The van der Waals surface area contributed by atoms with Gasteiger partial charge in [0, 0.05) is 60.8 Å². The SMILES string of the molecule is CCCN1C(=O)c2ccccc2C1Nc1cccc(C(=O)N2CCN(c3cccc(C(F)(F)F)c3)CC2)c1. The molecule has 9 heteroatoms. The average Bonchev–Trinajstić information content (AvgIpc) is 3.19. The van der Waals surface area contributed by atoms with E-state index in [0.29, 0.717) is 49.5 Å². The molecule has 198 valence electrons. The first-order valence-corrected chi connectivity index (χ1v) is 12.7. The third-order valence-corrected chi connectivity index (χ3v) is 7.04. The molecule has 2 heterocycles. The van der Waals surface area contributed by atoms with Crippen molar-refractivity contribution in [2.75, 3.05) is 42.9 Å².